The van der Waals surface area contributed by atoms with Crippen molar-refractivity contribution < 1.29 is 10.0 Å². The molecule has 1 unspecified atom stereocenters. The van der Waals surface area contributed by atoms with E-state index in [2.05, 4.69) is 5.10 Å². The number of aliphatic hydroxyl groups is 1. The summed E-state index contributed by atoms with van der Waals surface area (Å²) in [6.07, 6.45) is 1.16. The van der Waals surface area contributed by atoms with Crippen LogP contribution in [-0.4, -0.2) is 33.0 Å². The van der Waals surface area contributed by atoms with Crippen LogP contribution in [0.5, 0.6) is 0 Å². The second kappa shape index (κ2) is 4.16. The van der Waals surface area contributed by atoms with Crippen molar-refractivity contribution >= 4 is 5.69 Å². The molecule has 0 amide bonds. The predicted octanol–water partition coefficient (Wildman–Crippen LogP) is -0.637. The van der Waals surface area contributed by atoms with Gasteiger partial charge in [0, 0.05) is 19.5 Å². The first-order chi connectivity index (χ1) is 6.61. The Kier molecular flexibility index (Phi) is 3.15. The molecule has 3 N–H and O–H groups in total. The van der Waals surface area contributed by atoms with Gasteiger partial charge in [0.05, 0.1) is 11.5 Å². The minimum atomic E-state index is -0.527. The van der Waals surface area contributed by atoms with Gasteiger partial charge in [-0.3, -0.25) is 14.8 Å². The topological polar surface area (TPSA) is 107 Å². The van der Waals surface area contributed by atoms with Crippen LogP contribution in [0.25, 0.3) is 0 Å². The maximum absolute atomic E-state index is 10.6. The lowest BCUT2D eigenvalue weighted by Gasteiger charge is -2.10. The van der Waals surface area contributed by atoms with Crippen molar-refractivity contribution in [3.8, 4) is 0 Å². The van der Waals surface area contributed by atoms with Crippen LogP contribution in [0.2, 0.25) is 0 Å². The molecule has 0 saturated heterocycles. The summed E-state index contributed by atoms with van der Waals surface area (Å²) in [5.74, 6) is -0.442. The van der Waals surface area contributed by atoms with Crippen molar-refractivity contribution in [3.63, 3.8) is 0 Å². The van der Waals surface area contributed by atoms with E-state index < -0.39 is 10.8 Å². The highest BCUT2D eigenvalue weighted by Crippen LogP contribution is 2.24. The number of aromatic nitrogens is 2. The minimum Gasteiger partial charge on any atom is -0.396 e. The van der Waals surface area contributed by atoms with Gasteiger partial charge in [-0.2, -0.15) is 5.10 Å². The summed E-state index contributed by atoms with van der Waals surface area (Å²) in [6, 6.07) is 0. The van der Waals surface area contributed by atoms with Crippen LogP contribution in [0, 0.1) is 10.1 Å². The number of nitro groups is 1. The highest BCUT2D eigenvalue weighted by molar-refractivity contribution is 5.36. The van der Waals surface area contributed by atoms with Crippen LogP contribution in [0.4, 0.5) is 5.69 Å². The standard InChI is InChI=1S/C7H12N4O3/c1-10-7(5(2-8)4-12)6(3-9-10)11(13)14/h3,5,12H,2,4,8H2,1H3. The number of nitrogens with two attached hydrogens (primary N) is 1. The largest absolute Gasteiger partial charge is 0.396 e. The van der Waals surface area contributed by atoms with Gasteiger partial charge < -0.3 is 10.8 Å². The molecule has 1 heterocycles. The summed E-state index contributed by atoms with van der Waals surface area (Å²) in [6.45, 7) is -0.0756. The van der Waals surface area contributed by atoms with Gasteiger partial charge in [0.1, 0.15) is 11.9 Å². The normalized spacial score (nSPS) is 12.8. The zero-order chi connectivity index (χ0) is 10.7. The summed E-state index contributed by atoms with van der Waals surface area (Å²) in [4.78, 5) is 10.1. The third-order valence-corrected chi connectivity index (χ3v) is 2.05. The van der Waals surface area contributed by atoms with Crippen LogP contribution in [0.3, 0.4) is 0 Å². The van der Waals surface area contributed by atoms with E-state index in [1.165, 1.54) is 4.68 Å². The van der Waals surface area contributed by atoms with E-state index in [1.807, 2.05) is 0 Å². The molecule has 0 spiro atoms. The highest BCUT2D eigenvalue weighted by atomic mass is 16.6. The molecule has 1 atom stereocenters. The number of hydrogen-bond acceptors (Lipinski definition) is 5. The Balaban J connectivity index is 3.15. The average Bonchev–Trinajstić information content (AvgIpc) is 2.51. The number of aliphatic hydroxyl groups excluding tert-OH is 1. The molecule has 0 fully saturated rings. The van der Waals surface area contributed by atoms with Gasteiger partial charge in [-0.1, -0.05) is 0 Å². The van der Waals surface area contributed by atoms with E-state index in [0.717, 1.165) is 6.20 Å². The molecule has 7 nitrogen and oxygen atoms in total. The number of hydrogen-bond donors (Lipinski definition) is 2. The first-order valence-electron chi connectivity index (χ1n) is 4.09. The summed E-state index contributed by atoms with van der Waals surface area (Å²) >= 11 is 0. The molecular formula is C7H12N4O3. The third-order valence-electron chi connectivity index (χ3n) is 2.05. The molecular weight excluding hydrogens is 188 g/mol. The molecule has 1 aromatic heterocycles. The predicted molar refractivity (Wildman–Crippen MR) is 48.7 cm³/mol. The van der Waals surface area contributed by atoms with Gasteiger partial charge in [-0.25, -0.2) is 0 Å². The number of rotatable bonds is 4. The van der Waals surface area contributed by atoms with E-state index in [9.17, 15) is 10.1 Å². The van der Waals surface area contributed by atoms with Gasteiger partial charge in [0.25, 0.3) is 0 Å². The van der Waals surface area contributed by atoms with Crippen molar-refractivity contribution in [2.24, 2.45) is 12.8 Å². The molecule has 0 aliphatic carbocycles. The van der Waals surface area contributed by atoms with Gasteiger partial charge in [-0.15, -0.1) is 0 Å². The van der Waals surface area contributed by atoms with Crippen molar-refractivity contribution in [2.45, 2.75) is 5.92 Å². The van der Waals surface area contributed by atoms with E-state index >= 15 is 0 Å². The molecule has 0 bridgehead atoms. The summed E-state index contributed by atoms with van der Waals surface area (Å²) in [5, 5.41) is 23.3. The van der Waals surface area contributed by atoms with Gasteiger partial charge in [0.2, 0.25) is 0 Å². The van der Waals surface area contributed by atoms with Gasteiger partial charge in [0.15, 0.2) is 0 Å². The first-order valence-corrected chi connectivity index (χ1v) is 4.09. The first kappa shape index (κ1) is 10.6. The molecule has 1 aromatic rings. The fraction of sp³-hybridized carbons (Fsp3) is 0.571. The Morgan fingerprint density at radius 3 is 2.93 bits per heavy atom. The van der Waals surface area contributed by atoms with Gasteiger partial charge in [-0.05, 0) is 0 Å². The fourth-order valence-electron chi connectivity index (χ4n) is 1.32. The maximum Gasteiger partial charge on any atom is 0.310 e. The molecule has 78 valence electrons. The van der Waals surface area contributed by atoms with Crippen molar-refractivity contribution in [1.82, 2.24) is 9.78 Å². The Hall–Kier alpha value is -1.47. The van der Waals surface area contributed by atoms with Crippen molar-refractivity contribution in [1.29, 1.82) is 0 Å². The summed E-state index contributed by atoms with van der Waals surface area (Å²) in [5.41, 5.74) is 5.65. The molecule has 0 saturated carbocycles. The highest BCUT2D eigenvalue weighted by Gasteiger charge is 2.25. The average molecular weight is 200 g/mol. The molecule has 14 heavy (non-hydrogen) atoms. The Morgan fingerprint density at radius 2 is 2.50 bits per heavy atom. The third kappa shape index (κ3) is 1.73. The number of aryl methyl sites for hydroxylation is 1. The molecule has 0 aliphatic heterocycles. The van der Waals surface area contributed by atoms with Crippen LogP contribution in [0.1, 0.15) is 11.6 Å². The van der Waals surface area contributed by atoms with Crippen LogP contribution < -0.4 is 5.73 Å². The van der Waals surface area contributed by atoms with Crippen molar-refractivity contribution in [2.75, 3.05) is 13.2 Å². The smallest absolute Gasteiger partial charge is 0.310 e. The van der Waals surface area contributed by atoms with Gasteiger partial charge >= 0.3 is 5.69 Å². The lowest BCUT2D eigenvalue weighted by molar-refractivity contribution is -0.385. The zero-order valence-electron chi connectivity index (χ0n) is 7.75. The van der Waals surface area contributed by atoms with E-state index in [4.69, 9.17) is 10.8 Å². The van der Waals surface area contributed by atoms with Crippen molar-refractivity contribution in [3.05, 3.63) is 22.0 Å². The molecule has 0 aromatic carbocycles. The second-order valence-corrected chi connectivity index (χ2v) is 2.91. The maximum atomic E-state index is 10.6. The van der Waals surface area contributed by atoms with E-state index in [-0.39, 0.29) is 18.8 Å². The fourth-order valence-corrected chi connectivity index (χ4v) is 1.32. The minimum absolute atomic E-state index is 0.1000. The molecule has 7 heteroatoms. The Morgan fingerprint density at radius 1 is 1.86 bits per heavy atom. The zero-order valence-corrected chi connectivity index (χ0v) is 7.75. The van der Waals surface area contributed by atoms with Crippen LogP contribution in [0.15, 0.2) is 6.20 Å². The van der Waals surface area contributed by atoms with E-state index in [0.29, 0.717) is 5.69 Å². The Labute approximate surface area is 80.3 Å². The second-order valence-electron chi connectivity index (χ2n) is 2.91. The molecule has 1 rings (SSSR count). The molecule has 0 aliphatic rings. The summed E-state index contributed by atoms with van der Waals surface area (Å²) in [7, 11) is 1.58. The van der Waals surface area contributed by atoms with Crippen LogP contribution in [-0.2, 0) is 7.05 Å². The lowest BCUT2D eigenvalue weighted by atomic mass is 10.1. The van der Waals surface area contributed by atoms with Crippen LogP contribution >= 0.6 is 0 Å². The monoisotopic (exact) mass is 200 g/mol. The SMILES string of the molecule is Cn1ncc([N+](=O)[O-])c1C(CN)CO. The quantitative estimate of drug-likeness (QED) is 0.496. The summed E-state index contributed by atoms with van der Waals surface area (Å²) < 4.78 is 1.37. The lowest BCUT2D eigenvalue weighted by Crippen LogP contribution is -2.20. The number of nitrogens with zero attached hydrogens (tertiary/aromatic N) is 3. The van der Waals surface area contributed by atoms with E-state index in [1.54, 1.807) is 7.05 Å². The Bertz CT molecular complexity index is 332. The molecule has 0 radical (unpaired) electrons.